The van der Waals surface area contributed by atoms with Gasteiger partial charge in [0.15, 0.2) is 0 Å². The van der Waals surface area contributed by atoms with Gasteiger partial charge in [-0.05, 0) is 5.56 Å². The zero-order valence-electron chi connectivity index (χ0n) is 16.2. The van der Waals surface area contributed by atoms with Crippen LogP contribution in [0, 0.1) is 0 Å². The molecule has 1 aliphatic rings. The number of amides is 1. The second kappa shape index (κ2) is 9.62. The highest BCUT2D eigenvalue weighted by Gasteiger charge is 2.22. The Hall–Kier alpha value is -1.50. The number of benzene rings is 1. The Labute approximate surface area is 172 Å². The van der Waals surface area contributed by atoms with Gasteiger partial charge in [0.1, 0.15) is 5.82 Å². The van der Waals surface area contributed by atoms with Crippen LogP contribution in [-0.2, 0) is 16.8 Å². The zero-order chi connectivity index (χ0) is 18.6. The summed E-state index contributed by atoms with van der Waals surface area (Å²) in [6.45, 7) is 8.03. The number of rotatable bonds is 5. The first-order valence-corrected chi connectivity index (χ1v) is 10.3. The van der Waals surface area contributed by atoms with Crippen LogP contribution in [0.5, 0.6) is 0 Å². The van der Waals surface area contributed by atoms with E-state index in [1.807, 2.05) is 40.7 Å². The largest absolute Gasteiger partial charge is 0.312 e. The SMILES string of the molecule is CC(C)(C)c1cc(NC(=O)CC2CSCCN2)n(Cc2ccccc2)n1.Cl. The van der Waals surface area contributed by atoms with Gasteiger partial charge in [-0.15, -0.1) is 12.4 Å². The van der Waals surface area contributed by atoms with Crippen molar-refractivity contribution in [1.29, 1.82) is 0 Å². The molecule has 1 aromatic heterocycles. The van der Waals surface area contributed by atoms with Crippen molar-refractivity contribution in [2.45, 2.75) is 45.2 Å². The van der Waals surface area contributed by atoms with Gasteiger partial charge >= 0.3 is 0 Å². The van der Waals surface area contributed by atoms with Gasteiger partial charge in [-0.25, -0.2) is 4.68 Å². The van der Waals surface area contributed by atoms with E-state index in [-0.39, 0.29) is 29.8 Å². The lowest BCUT2D eigenvalue weighted by Gasteiger charge is -2.22. The van der Waals surface area contributed by atoms with E-state index in [0.717, 1.165) is 35.1 Å². The third-order valence-corrected chi connectivity index (χ3v) is 5.55. The smallest absolute Gasteiger partial charge is 0.227 e. The Morgan fingerprint density at radius 1 is 1.33 bits per heavy atom. The molecular formula is C20H29ClN4OS. The average molecular weight is 409 g/mol. The molecule has 0 spiro atoms. The normalized spacial score (nSPS) is 17.2. The van der Waals surface area contributed by atoms with Crippen LogP contribution in [0.15, 0.2) is 36.4 Å². The van der Waals surface area contributed by atoms with Crippen molar-refractivity contribution >= 4 is 35.9 Å². The molecular weight excluding hydrogens is 380 g/mol. The molecule has 0 radical (unpaired) electrons. The minimum absolute atomic E-state index is 0. The first kappa shape index (κ1) is 21.8. The molecule has 1 aromatic carbocycles. The van der Waals surface area contributed by atoms with Gasteiger partial charge in [-0.2, -0.15) is 16.9 Å². The van der Waals surface area contributed by atoms with Gasteiger partial charge in [0.2, 0.25) is 5.91 Å². The fourth-order valence-corrected chi connectivity index (χ4v) is 3.88. The molecule has 1 unspecified atom stereocenters. The van der Waals surface area contributed by atoms with Gasteiger partial charge in [-0.1, -0.05) is 51.1 Å². The van der Waals surface area contributed by atoms with Gasteiger partial charge in [0.05, 0.1) is 12.2 Å². The summed E-state index contributed by atoms with van der Waals surface area (Å²) in [6, 6.07) is 12.5. The van der Waals surface area contributed by atoms with E-state index in [1.165, 1.54) is 0 Å². The van der Waals surface area contributed by atoms with Crippen LogP contribution in [0.25, 0.3) is 0 Å². The molecule has 5 nitrogen and oxygen atoms in total. The Balaban J connectivity index is 0.00000261. The number of carbonyl (C=O) groups excluding carboxylic acids is 1. The van der Waals surface area contributed by atoms with Crippen molar-refractivity contribution in [3.05, 3.63) is 47.7 Å². The molecule has 1 fully saturated rings. The van der Waals surface area contributed by atoms with E-state index in [2.05, 4.69) is 43.5 Å². The van der Waals surface area contributed by atoms with E-state index < -0.39 is 0 Å². The number of hydrogen-bond donors (Lipinski definition) is 2. The third kappa shape index (κ3) is 6.26. The highest BCUT2D eigenvalue weighted by molar-refractivity contribution is 7.99. The third-order valence-electron chi connectivity index (χ3n) is 4.42. The highest BCUT2D eigenvalue weighted by Crippen LogP contribution is 2.25. The summed E-state index contributed by atoms with van der Waals surface area (Å²) in [4.78, 5) is 12.5. The lowest BCUT2D eigenvalue weighted by atomic mass is 9.92. The van der Waals surface area contributed by atoms with E-state index in [0.29, 0.717) is 13.0 Å². The first-order valence-electron chi connectivity index (χ1n) is 9.15. The predicted octanol–water partition coefficient (Wildman–Crippen LogP) is 3.68. The summed E-state index contributed by atoms with van der Waals surface area (Å²) in [5.74, 6) is 2.92. The summed E-state index contributed by atoms with van der Waals surface area (Å²) in [7, 11) is 0. The summed E-state index contributed by atoms with van der Waals surface area (Å²) in [5.41, 5.74) is 2.08. The van der Waals surface area contributed by atoms with E-state index in [4.69, 9.17) is 5.10 Å². The van der Waals surface area contributed by atoms with Crippen molar-refractivity contribution in [3.8, 4) is 0 Å². The Bertz CT molecular complexity index is 736. The molecule has 2 N–H and O–H groups in total. The summed E-state index contributed by atoms with van der Waals surface area (Å²) < 4.78 is 1.90. The van der Waals surface area contributed by atoms with E-state index in [9.17, 15) is 4.79 Å². The summed E-state index contributed by atoms with van der Waals surface area (Å²) >= 11 is 1.90. The highest BCUT2D eigenvalue weighted by atomic mass is 35.5. The minimum atomic E-state index is -0.0665. The minimum Gasteiger partial charge on any atom is -0.312 e. The Kier molecular flexibility index (Phi) is 7.77. The fourth-order valence-electron chi connectivity index (χ4n) is 2.93. The number of anilines is 1. The molecule has 1 amide bonds. The molecule has 3 rings (SSSR count). The van der Waals surface area contributed by atoms with Gasteiger partial charge < -0.3 is 10.6 Å². The Morgan fingerprint density at radius 3 is 2.70 bits per heavy atom. The molecule has 2 aromatic rings. The standard InChI is InChI=1S/C20H28N4OS.ClH/c1-20(2,3)17-12-18(22-19(25)11-16-14-26-10-9-21-16)24(23-17)13-15-7-5-4-6-8-15;/h4-8,12,16,21H,9-11,13-14H2,1-3H3,(H,22,25);1H. The topological polar surface area (TPSA) is 59.0 Å². The quantitative estimate of drug-likeness (QED) is 0.792. The lowest BCUT2D eigenvalue weighted by molar-refractivity contribution is -0.116. The van der Waals surface area contributed by atoms with Crippen LogP contribution in [-0.4, -0.2) is 39.8 Å². The molecule has 1 aliphatic heterocycles. The number of aromatic nitrogens is 2. The molecule has 1 saturated heterocycles. The van der Waals surface area contributed by atoms with Gasteiger partial charge in [-0.3, -0.25) is 4.79 Å². The van der Waals surface area contributed by atoms with E-state index in [1.54, 1.807) is 0 Å². The second-order valence-corrected chi connectivity index (χ2v) is 8.94. The molecule has 0 aliphatic carbocycles. The summed E-state index contributed by atoms with van der Waals surface area (Å²) in [6.07, 6.45) is 0.494. The van der Waals surface area contributed by atoms with Crippen LogP contribution in [0.3, 0.4) is 0 Å². The fraction of sp³-hybridized carbons (Fsp3) is 0.500. The number of nitrogens with one attached hydrogen (secondary N) is 2. The molecule has 148 valence electrons. The Morgan fingerprint density at radius 2 is 2.07 bits per heavy atom. The van der Waals surface area contributed by atoms with Crippen molar-refractivity contribution in [3.63, 3.8) is 0 Å². The predicted molar refractivity (Wildman–Crippen MR) is 116 cm³/mol. The number of thioether (sulfide) groups is 1. The number of carbonyl (C=O) groups is 1. The van der Waals surface area contributed by atoms with Crippen LogP contribution in [0.1, 0.15) is 38.4 Å². The number of hydrogen-bond acceptors (Lipinski definition) is 4. The van der Waals surface area contributed by atoms with Crippen LogP contribution in [0.2, 0.25) is 0 Å². The van der Waals surface area contributed by atoms with Gasteiger partial charge in [0.25, 0.3) is 0 Å². The number of nitrogens with zero attached hydrogens (tertiary/aromatic N) is 2. The van der Waals surface area contributed by atoms with Crippen molar-refractivity contribution < 1.29 is 4.79 Å². The molecule has 27 heavy (non-hydrogen) atoms. The molecule has 2 heterocycles. The van der Waals surface area contributed by atoms with Crippen molar-refractivity contribution in [1.82, 2.24) is 15.1 Å². The van der Waals surface area contributed by atoms with Crippen LogP contribution < -0.4 is 10.6 Å². The second-order valence-electron chi connectivity index (χ2n) is 7.79. The first-order chi connectivity index (χ1) is 12.4. The van der Waals surface area contributed by atoms with Crippen molar-refractivity contribution in [2.24, 2.45) is 0 Å². The maximum atomic E-state index is 12.5. The van der Waals surface area contributed by atoms with Crippen LogP contribution in [0.4, 0.5) is 5.82 Å². The zero-order valence-corrected chi connectivity index (χ0v) is 17.8. The van der Waals surface area contributed by atoms with E-state index >= 15 is 0 Å². The monoisotopic (exact) mass is 408 g/mol. The van der Waals surface area contributed by atoms with Gasteiger partial charge in [0, 0.05) is 42.0 Å². The maximum absolute atomic E-state index is 12.5. The summed E-state index contributed by atoms with van der Waals surface area (Å²) in [5, 5.41) is 11.3. The molecule has 7 heteroatoms. The lowest BCUT2D eigenvalue weighted by Crippen LogP contribution is -2.40. The molecule has 0 saturated carbocycles. The number of halogens is 1. The molecule has 1 atom stereocenters. The molecule has 0 bridgehead atoms. The average Bonchev–Trinajstić information content (AvgIpc) is 2.99. The maximum Gasteiger partial charge on any atom is 0.227 e. The van der Waals surface area contributed by atoms with Crippen LogP contribution >= 0.6 is 24.2 Å². The van der Waals surface area contributed by atoms with Crippen molar-refractivity contribution in [2.75, 3.05) is 23.4 Å².